The Morgan fingerprint density at radius 2 is 2.11 bits per heavy atom. The Balaban J connectivity index is 2.85. The smallest absolute Gasteiger partial charge is 0.244 e. The summed E-state index contributed by atoms with van der Waals surface area (Å²) in [7, 11) is 0. The maximum Gasteiger partial charge on any atom is 0.244 e. The van der Waals surface area contributed by atoms with Crippen LogP contribution in [-0.2, 0) is 4.79 Å². The number of anilines is 1. The second-order valence-corrected chi connectivity index (χ2v) is 5.09. The zero-order chi connectivity index (χ0) is 14.4. The van der Waals surface area contributed by atoms with Gasteiger partial charge in [-0.2, -0.15) is 5.26 Å². The van der Waals surface area contributed by atoms with E-state index in [4.69, 9.17) is 5.26 Å². The summed E-state index contributed by atoms with van der Waals surface area (Å²) in [5.74, 6) is 0.0387. The van der Waals surface area contributed by atoms with Crippen LogP contribution in [0.25, 0.3) is 0 Å². The number of likely N-dealkylation sites (N-methyl/N-ethyl adjacent to an activating group) is 1. The zero-order valence-corrected chi connectivity index (χ0v) is 13.0. The summed E-state index contributed by atoms with van der Waals surface area (Å²) in [6.45, 7) is 7.09. The molecule has 19 heavy (non-hydrogen) atoms. The predicted molar refractivity (Wildman–Crippen MR) is 79.9 cm³/mol. The van der Waals surface area contributed by atoms with Gasteiger partial charge < -0.3 is 10.2 Å². The Morgan fingerprint density at radius 3 is 2.63 bits per heavy atom. The number of hydrogen-bond donors (Lipinski definition) is 1. The maximum atomic E-state index is 12.1. The first kappa shape index (κ1) is 15.5. The first-order valence-electron chi connectivity index (χ1n) is 6.28. The number of nitrogens with zero attached hydrogens (tertiary/aromatic N) is 2. The number of benzene rings is 1. The van der Waals surface area contributed by atoms with E-state index in [0.29, 0.717) is 24.3 Å². The van der Waals surface area contributed by atoms with E-state index in [1.54, 1.807) is 17.0 Å². The fourth-order valence-electron chi connectivity index (χ4n) is 1.84. The fraction of sp³-hybridized carbons (Fsp3) is 0.429. The largest absolute Gasteiger partial charge is 0.373 e. The zero-order valence-electron chi connectivity index (χ0n) is 11.4. The van der Waals surface area contributed by atoms with E-state index in [1.807, 2.05) is 26.8 Å². The molecule has 0 radical (unpaired) electrons. The average molecular weight is 324 g/mol. The molecule has 0 saturated carbocycles. The normalized spacial score (nSPS) is 11.5. The molecule has 0 fully saturated rings. The van der Waals surface area contributed by atoms with Gasteiger partial charge in [-0.05, 0) is 39.0 Å². The minimum Gasteiger partial charge on any atom is -0.373 e. The topological polar surface area (TPSA) is 56.1 Å². The lowest BCUT2D eigenvalue weighted by Gasteiger charge is -2.24. The standard InChI is InChI=1S/C14H18BrN3O/c1-4-18(5-2)14(19)10(3)17-13-7-6-12(15)8-11(13)9-16/h6-8,10,17H,4-5H2,1-3H3. The lowest BCUT2D eigenvalue weighted by molar-refractivity contribution is -0.131. The van der Waals surface area contributed by atoms with E-state index in [2.05, 4.69) is 27.3 Å². The summed E-state index contributed by atoms with van der Waals surface area (Å²) >= 11 is 3.32. The molecule has 0 aromatic heterocycles. The van der Waals surface area contributed by atoms with E-state index in [9.17, 15) is 4.79 Å². The van der Waals surface area contributed by atoms with Crippen LogP contribution in [0.5, 0.6) is 0 Å². The predicted octanol–water partition coefficient (Wildman–Crippen LogP) is 2.99. The molecule has 1 aromatic carbocycles. The van der Waals surface area contributed by atoms with Crippen LogP contribution in [0.3, 0.4) is 0 Å². The number of amides is 1. The average Bonchev–Trinajstić information content (AvgIpc) is 2.41. The molecule has 0 bridgehead atoms. The van der Waals surface area contributed by atoms with Crippen molar-refractivity contribution in [3.8, 4) is 6.07 Å². The summed E-state index contributed by atoms with van der Waals surface area (Å²) in [5, 5.41) is 12.2. The Labute approximate surface area is 122 Å². The molecular weight excluding hydrogens is 306 g/mol. The van der Waals surface area contributed by atoms with Crippen molar-refractivity contribution in [2.75, 3.05) is 18.4 Å². The molecule has 1 aromatic rings. The Hall–Kier alpha value is -1.54. The van der Waals surface area contributed by atoms with Crippen molar-refractivity contribution in [1.82, 2.24) is 4.90 Å². The molecule has 1 amide bonds. The van der Waals surface area contributed by atoms with Gasteiger partial charge in [-0.3, -0.25) is 4.79 Å². The highest BCUT2D eigenvalue weighted by atomic mass is 79.9. The molecule has 0 heterocycles. The summed E-state index contributed by atoms with van der Waals surface area (Å²) in [6, 6.07) is 7.15. The number of carbonyl (C=O) groups is 1. The van der Waals surface area contributed by atoms with Crippen molar-refractivity contribution in [2.45, 2.75) is 26.8 Å². The molecule has 1 atom stereocenters. The molecule has 1 N–H and O–H groups in total. The number of nitriles is 1. The summed E-state index contributed by atoms with van der Waals surface area (Å²) < 4.78 is 0.845. The molecule has 0 saturated heterocycles. The van der Waals surface area contributed by atoms with Crippen LogP contribution in [0.15, 0.2) is 22.7 Å². The second-order valence-electron chi connectivity index (χ2n) is 4.18. The van der Waals surface area contributed by atoms with Crippen molar-refractivity contribution in [3.63, 3.8) is 0 Å². The van der Waals surface area contributed by atoms with Gasteiger partial charge in [0.1, 0.15) is 12.1 Å². The van der Waals surface area contributed by atoms with Gasteiger partial charge in [0, 0.05) is 17.6 Å². The van der Waals surface area contributed by atoms with Crippen LogP contribution in [0.4, 0.5) is 5.69 Å². The SMILES string of the molecule is CCN(CC)C(=O)C(C)Nc1ccc(Br)cc1C#N. The monoisotopic (exact) mass is 323 g/mol. The highest BCUT2D eigenvalue weighted by molar-refractivity contribution is 9.10. The van der Waals surface area contributed by atoms with Gasteiger partial charge in [-0.15, -0.1) is 0 Å². The van der Waals surface area contributed by atoms with Crippen molar-refractivity contribution in [2.24, 2.45) is 0 Å². The molecule has 1 unspecified atom stereocenters. The number of hydrogen-bond acceptors (Lipinski definition) is 3. The first-order valence-corrected chi connectivity index (χ1v) is 7.07. The molecule has 102 valence electrons. The van der Waals surface area contributed by atoms with Crippen molar-refractivity contribution in [1.29, 1.82) is 5.26 Å². The Morgan fingerprint density at radius 1 is 1.47 bits per heavy atom. The van der Waals surface area contributed by atoms with Gasteiger partial charge in [-0.1, -0.05) is 15.9 Å². The molecule has 0 aliphatic rings. The van der Waals surface area contributed by atoms with Gasteiger partial charge in [0.25, 0.3) is 0 Å². The second kappa shape index (κ2) is 7.15. The van der Waals surface area contributed by atoms with E-state index >= 15 is 0 Å². The molecule has 0 aliphatic heterocycles. The number of nitrogens with one attached hydrogen (secondary N) is 1. The van der Waals surface area contributed by atoms with Crippen LogP contribution in [0.2, 0.25) is 0 Å². The molecule has 5 heteroatoms. The van der Waals surface area contributed by atoms with Gasteiger partial charge in [0.05, 0.1) is 11.3 Å². The molecule has 0 aliphatic carbocycles. The quantitative estimate of drug-likeness (QED) is 0.906. The van der Waals surface area contributed by atoms with E-state index in [-0.39, 0.29) is 11.9 Å². The lowest BCUT2D eigenvalue weighted by atomic mass is 10.1. The minimum absolute atomic E-state index is 0.0387. The summed E-state index contributed by atoms with van der Waals surface area (Å²) in [6.07, 6.45) is 0. The molecule has 4 nitrogen and oxygen atoms in total. The third-order valence-electron chi connectivity index (χ3n) is 2.92. The highest BCUT2D eigenvalue weighted by Crippen LogP contribution is 2.21. The molecular formula is C14H18BrN3O. The summed E-state index contributed by atoms with van der Waals surface area (Å²) in [4.78, 5) is 13.9. The van der Waals surface area contributed by atoms with Crippen molar-refractivity contribution in [3.05, 3.63) is 28.2 Å². The van der Waals surface area contributed by atoms with Crippen LogP contribution in [0.1, 0.15) is 26.3 Å². The number of halogens is 1. The third kappa shape index (κ3) is 3.97. The van der Waals surface area contributed by atoms with Gasteiger partial charge in [-0.25, -0.2) is 0 Å². The van der Waals surface area contributed by atoms with Crippen LogP contribution in [0, 0.1) is 11.3 Å². The maximum absolute atomic E-state index is 12.1. The van der Waals surface area contributed by atoms with E-state index in [1.165, 1.54) is 0 Å². The van der Waals surface area contributed by atoms with Crippen molar-refractivity contribution >= 4 is 27.5 Å². The van der Waals surface area contributed by atoms with Gasteiger partial charge in [0.2, 0.25) is 5.91 Å². The fourth-order valence-corrected chi connectivity index (χ4v) is 2.20. The van der Waals surface area contributed by atoms with Crippen LogP contribution >= 0.6 is 15.9 Å². The van der Waals surface area contributed by atoms with Crippen molar-refractivity contribution < 1.29 is 4.79 Å². The number of carbonyl (C=O) groups excluding carboxylic acids is 1. The Kier molecular flexibility index (Phi) is 5.84. The minimum atomic E-state index is -0.354. The van der Waals surface area contributed by atoms with E-state index < -0.39 is 0 Å². The molecule has 0 spiro atoms. The Bertz CT molecular complexity index is 492. The van der Waals surface area contributed by atoms with Crippen LogP contribution < -0.4 is 5.32 Å². The third-order valence-corrected chi connectivity index (χ3v) is 3.41. The van der Waals surface area contributed by atoms with E-state index in [0.717, 1.165) is 4.47 Å². The lowest BCUT2D eigenvalue weighted by Crippen LogP contribution is -2.41. The molecule has 1 rings (SSSR count). The number of rotatable bonds is 5. The first-order chi connectivity index (χ1) is 9.03. The van der Waals surface area contributed by atoms with Gasteiger partial charge in [0.15, 0.2) is 0 Å². The van der Waals surface area contributed by atoms with Crippen LogP contribution in [-0.4, -0.2) is 29.9 Å². The summed E-state index contributed by atoms with van der Waals surface area (Å²) in [5.41, 5.74) is 1.20. The highest BCUT2D eigenvalue weighted by Gasteiger charge is 2.18. The van der Waals surface area contributed by atoms with Gasteiger partial charge >= 0.3 is 0 Å².